The van der Waals surface area contributed by atoms with Gasteiger partial charge in [0.05, 0.1) is 25.2 Å². The highest BCUT2D eigenvalue weighted by molar-refractivity contribution is 5.99. The van der Waals surface area contributed by atoms with Gasteiger partial charge < -0.3 is 18.5 Å². The first-order chi connectivity index (χ1) is 15.5. The molecule has 3 aromatic rings. The Labute approximate surface area is 187 Å². The van der Waals surface area contributed by atoms with Crippen LogP contribution in [0.4, 0.5) is 0 Å². The van der Waals surface area contributed by atoms with Crippen molar-refractivity contribution in [2.24, 2.45) is 11.8 Å². The molecule has 1 atom stereocenters. The lowest BCUT2D eigenvalue weighted by Gasteiger charge is -2.34. The number of rotatable bonds is 7. The minimum atomic E-state index is -0.575. The van der Waals surface area contributed by atoms with Crippen LogP contribution in [0.1, 0.15) is 62.0 Å². The predicted octanol–water partition coefficient (Wildman–Crippen LogP) is 5.37. The van der Waals surface area contributed by atoms with Crippen molar-refractivity contribution >= 4 is 16.9 Å². The maximum atomic E-state index is 12.9. The Bertz CT molecular complexity index is 1230. The SMILES string of the molecule is CCOC(=O)c1cn2c(cc1=O)-c1c(cc(OCCC3CC3)c3occc13)CC2C(C)C. The Morgan fingerprint density at radius 2 is 2.09 bits per heavy atom. The van der Waals surface area contributed by atoms with Gasteiger partial charge in [0.1, 0.15) is 5.56 Å². The van der Waals surface area contributed by atoms with Crippen LogP contribution in [0.15, 0.2) is 39.9 Å². The summed E-state index contributed by atoms with van der Waals surface area (Å²) in [4.78, 5) is 25.3. The van der Waals surface area contributed by atoms with Crippen LogP contribution in [-0.4, -0.2) is 23.8 Å². The number of esters is 1. The normalized spacial score (nSPS) is 17.3. The number of fused-ring (bicyclic) bond motifs is 5. The van der Waals surface area contributed by atoms with Crippen molar-refractivity contribution < 1.29 is 18.7 Å². The van der Waals surface area contributed by atoms with Crippen molar-refractivity contribution in [2.75, 3.05) is 13.2 Å². The first kappa shape index (κ1) is 20.9. The van der Waals surface area contributed by atoms with Gasteiger partial charge >= 0.3 is 5.97 Å². The molecule has 6 nitrogen and oxygen atoms in total. The summed E-state index contributed by atoms with van der Waals surface area (Å²) in [5, 5.41) is 0.933. The second-order valence-corrected chi connectivity index (χ2v) is 9.23. The molecule has 1 aromatic carbocycles. The second kappa shape index (κ2) is 8.15. The number of ether oxygens (including phenoxy) is 2. The van der Waals surface area contributed by atoms with Crippen molar-refractivity contribution in [3.8, 4) is 17.0 Å². The average molecular weight is 436 g/mol. The molecule has 168 valence electrons. The van der Waals surface area contributed by atoms with E-state index in [1.165, 1.54) is 12.8 Å². The minimum Gasteiger partial charge on any atom is -0.490 e. The van der Waals surface area contributed by atoms with E-state index < -0.39 is 5.97 Å². The van der Waals surface area contributed by atoms with Crippen molar-refractivity contribution in [3.63, 3.8) is 0 Å². The molecule has 0 bridgehead atoms. The highest BCUT2D eigenvalue weighted by Gasteiger charge is 2.31. The van der Waals surface area contributed by atoms with Crippen LogP contribution < -0.4 is 10.2 Å². The van der Waals surface area contributed by atoms with Gasteiger partial charge in [0.15, 0.2) is 16.8 Å². The molecular weight excluding hydrogens is 406 g/mol. The van der Waals surface area contributed by atoms with E-state index in [-0.39, 0.29) is 23.6 Å². The van der Waals surface area contributed by atoms with Crippen LogP contribution in [0.2, 0.25) is 0 Å². The molecule has 5 rings (SSSR count). The summed E-state index contributed by atoms with van der Waals surface area (Å²) in [6.45, 7) is 6.97. The van der Waals surface area contributed by atoms with Crippen molar-refractivity contribution in [1.29, 1.82) is 0 Å². The average Bonchev–Trinajstić information content (AvgIpc) is 3.45. The summed E-state index contributed by atoms with van der Waals surface area (Å²) < 4.78 is 19.2. The van der Waals surface area contributed by atoms with Gasteiger partial charge in [-0.2, -0.15) is 0 Å². The predicted molar refractivity (Wildman–Crippen MR) is 122 cm³/mol. The molecule has 1 aliphatic carbocycles. The molecule has 0 spiro atoms. The fourth-order valence-corrected chi connectivity index (χ4v) is 4.75. The molecule has 2 aromatic heterocycles. The summed E-state index contributed by atoms with van der Waals surface area (Å²) >= 11 is 0. The number of carbonyl (C=O) groups is 1. The van der Waals surface area contributed by atoms with Crippen molar-refractivity contribution in [1.82, 2.24) is 4.57 Å². The highest BCUT2D eigenvalue weighted by atomic mass is 16.5. The molecule has 1 fully saturated rings. The number of hydrogen-bond donors (Lipinski definition) is 0. The lowest BCUT2D eigenvalue weighted by Crippen LogP contribution is -2.28. The first-order valence-electron chi connectivity index (χ1n) is 11.6. The highest BCUT2D eigenvalue weighted by Crippen LogP contribution is 2.45. The quantitative estimate of drug-likeness (QED) is 0.467. The third kappa shape index (κ3) is 3.61. The maximum absolute atomic E-state index is 12.9. The van der Waals surface area contributed by atoms with Gasteiger partial charge in [-0.1, -0.05) is 26.7 Å². The Balaban J connectivity index is 1.64. The molecule has 1 unspecified atom stereocenters. The Hall–Kier alpha value is -3.02. The summed E-state index contributed by atoms with van der Waals surface area (Å²) in [6, 6.07) is 5.69. The van der Waals surface area contributed by atoms with Gasteiger partial charge in [0.25, 0.3) is 0 Å². The number of nitrogens with zero attached hydrogens (tertiary/aromatic N) is 1. The third-order valence-corrected chi connectivity index (χ3v) is 6.65. The smallest absolute Gasteiger partial charge is 0.343 e. The molecule has 6 heteroatoms. The summed E-state index contributed by atoms with van der Waals surface area (Å²) in [5.41, 5.74) is 3.38. The summed E-state index contributed by atoms with van der Waals surface area (Å²) in [6.07, 6.45) is 7.81. The topological polar surface area (TPSA) is 70.7 Å². The number of hydrogen-bond acceptors (Lipinski definition) is 5. The van der Waals surface area contributed by atoms with Gasteiger partial charge in [-0.3, -0.25) is 4.79 Å². The molecule has 3 heterocycles. The Kier molecular flexibility index (Phi) is 5.31. The van der Waals surface area contributed by atoms with Crippen LogP contribution in [0.3, 0.4) is 0 Å². The summed E-state index contributed by atoms with van der Waals surface area (Å²) in [5.74, 6) is 1.30. The van der Waals surface area contributed by atoms with E-state index >= 15 is 0 Å². The number of furan rings is 1. The van der Waals surface area contributed by atoms with E-state index in [2.05, 4.69) is 24.5 Å². The van der Waals surface area contributed by atoms with Gasteiger partial charge in [-0.05, 0) is 49.3 Å². The molecule has 1 saturated carbocycles. The molecule has 32 heavy (non-hydrogen) atoms. The Morgan fingerprint density at radius 1 is 1.28 bits per heavy atom. The Morgan fingerprint density at radius 3 is 2.81 bits per heavy atom. The van der Waals surface area contributed by atoms with Crippen LogP contribution in [0.25, 0.3) is 22.2 Å². The standard InChI is InChI=1S/C26H29NO5/c1-4-30-26(29)19-14-27-20(15(2)3)11-17-12-23(31-9-7-16-5-6-16)25-18(8-10-32-25)24(17)21(27)13-22(19)28/h8,10,12-16,20H,4-7,9,11H2,1-3H3. The fourth-order valence-electron chi connectivity index (χ4n) is 4.75. The lowest BCUT2D eigenvalue weighted by molar-refractivity contribution is 0.0523. The van der Waals surface area contributed by atoms with E-state index in [0.29, 0.717) is 18.1 Å². The van der Waals surface area contributed by atoms with Crippen LogP contribution in [0, 0.1) is 11.8 Å². The zero-order valence-corrected chi connectivity index (χ0v) is 18.8. The second-order valence-electron chi connectivity index (χ2n) is 9.23. The van der Waals surface area contributed by atoms with Gasteiger partial charge in [0.2, 0.25) is 0 Å². The van der Waals surface area contributed by atoms with E-state index in [9.17, 15) is 9.59 Å². The number of benzene rings is 1. The first-order valence-corrected chi connectivity index (χ1v) is 11.6. The molecular formula is C26H29NO5. The minimum absolute atomic E-state index is 0.0770. The van der Waals surface area contributed by atoms with Crippen LogP contribution in [-0.2, 0) is 11.2 Å². The monoisotopic (exact) mass is 435 g/mol. The van der Waals surface area contributed by atoms with E-state index in [1.54, 1.807) is 25.5 Å². The zero-order chi connectivity index (χ0) is 22.4. The van der Waals surface area contributed by atoms with Crippen molar-refractivity contribution in [3.05, 3.63) is 52.0 Å². The molecule has 0 amide bonds. The zero-order valence-electron chi connectivity index (χ0n) is 18.8. The van der Waals surface area contributed by atoms with Gasteiger partial charge in [-0.15, -0.1) is 0 Å². The number of pyridine rings is 1. The molecule has 1 aliphatic heterocycles. The van der Waals surface area contributed by atoms with Gasteiger partial charge in [-0.25, -0.2) is 4.79 Å². The molecule has 0 saturated heterocycles. The largest absolute Gasteiger partial charge is 0.490 e. The van der Waals surface area contributed by atoms with Crippen LogP contribution >= 0.6 is 0 Å². The maximum Gasteiger partial charge on any atom is 0.343 e. The molecule has 0 N–H and O–H groups in total. The van der Waals surface area contributed by atoms with Crippen LogP contribution in [0.5, 0.6) is 5.75 Å². The number of aromatic nitrogens is 1. The third-order valence-electron chi connectivity index (χ3n) is 6.65. The summed E-state index contributed by atoms with van der Waals surface area (Å²) in [7, 11) is 0. The molecule has 2 aliphatic rings. The van der Waals surface area contributed by atoms with Crippen molar-refractivity contribution in [2.45, 2.75) is 52.5 Å². The fraction of sp³-hybridized carbons (Fsp3) is 0.462. The van der Waals surface area contributed by atoms with Gasteiger partial charge in [0, 0.05) is 29.3 Å². The number of carbonyl (C=O) groups excluding carboxylic acids is 1. The molecule has 0 radical (unpaired) electrons. The van der Waals surface area contributed by atoms with E-state index in [0.717, 1.165) is 46.7 Å². The van der Waals surface area contributed by atoms with E-state index in [4.69, 9.17) is 13.9 Å². The van der Waals surface area contributed by atoms with E-state index in [1.807, 2.05) is 6.07 Å². The lowest BCUT2D eigenvalue weighted by atomic mass is 9.85.